The van der Waals surface area contributed by atoms with Crippen molar-refractivity contribution in [1.29, 1.82) is 0 Å². The normalized spacial score (nSPS) is 12.6. The highest BCUT2D eigenvalue weighted by molar-refractivity contribution is 7.90. The Morgan fingerprint density at radius 2 is 1.86 bits per heavy atom. The van der Waals surface area contributed by atoms with Crippen molar-refractivity contribution in [2.24, 2.45) is 0 Å². The Morgan fingerprint density at radius 3 is 2.36 bits per heavy atom. The molecule has 0 bridgehead atoms. The molecule has 0 unspecified atom stereocenters. The van der Waals surface area contributed by atoms with Gasteiger partial charge in [0, 0.05) is 6.26 Å². The number of nitrogens with zero attached hydrogens (tertiary/aromatic N) is 1. The van der Waals surface area contributed by atoms with Gasteiger partial charge in [0.15, 0.2) is 14.9 Å². The van der Waals surface area contributed by atoms with Crippen molar-refractivity contribution >= 4 is 21.4 Å². The van der Waals surface area contributed by atoms with Crippen molar-refractivity contribution in [2.75, 3.05) is 11.6 Å². The van der Waals surface area contributed by atoms with Crippen LogP contribution < -0.4 is 5.32 Å². The second-order valence-electron chi connectivity index (χ2n) is 5.02. The van der Waals surface area contributed by atoms with Gasteiger partial charge in [-0.1, -0.05) is 37.3 Å². The fraction of sp³-hybridized carbons (Fsp3) is 0.250. The lowest BCUT2D eigenvalue weighted by molar-refractivity contribution is -0.117. The Labute approximate surface area is 130 Å². The molecule has 1 N–H and O–H groups in total. The fourth-order valence-electron chi connectivity index (χ4n) is 2.16. The maximum Gasteiger partial charge on any atom is 0.231 e. The summed E-state index contributed by atoms with van der Waals surface area (Å²) in [4.78, 5) is 16.2. The molecule has 1 heterocycles. The monoisotopic (exact) mass is 318 g/mol. The molecule has 0 radical (unpaired) electrons. The molecule has 6 heteroatoms. The Kier molecular flexibility index (Phi) is 4.92. The Morgan fingerprint density at radius 1 is 1.18 bits per heavy atom. The molecule has 0 spiro atoms. The molecular formula is C16H18N2O3S. The first-order valence-corrected chi connectivity index (χ1v) is 8.83. The highest BCUT2D eigenvalue weighted by Crippen LogP contribution is 2.21. The van der Waals surface area contributed by atoms with Crippen LogP contribution in [0.1, 0.15) is 24.8 Å². The van der Waals surface area contributed by atoms with Crippen LogP contribution in [0.25, 0.3) is 0 Å². The first-order valence-electron chi connectivity index (χ1n) is 6.93. The third kappa shape index (κ3) is 3.92. The Bertz CT molecular complexity index is 741. The number of carbonyl (C=O) groups is 1. The molecular weight excluding hydrogens is 300 g/mol. The number of aromatic nitrogens is 1. The number of hydrogen-bond donors (Lipinski definition) is 1. The number of anilines is 1. The number of pyridine rings is 1. The van der Waals surface area contributed by atoms with Crippen LogP contribution in [-0.2, 0) is 14.6 Å². The van der Waals surface area contributed by atoms with Crippen LogP contribution in [0, 0.1) is 0 Å². The molecule has 0 aliphatic rings. The largest absolute Gasteiger partial charge is 0.324 e. The molecule has 0 aliphatic heterocycles. The zero-order chi connectivity index (χ0) is 16.2. The van der Waals surface area contributed by atoms with Crippen LogP contribution in [0.2, 0.25) is 0 Å². The van der Waals surface area contributed by atoms with E-state index in [1.165, 1.54) is 12.3 Å². The third-order valence-corrected chi connectivity index (χ3v) is 4.31. The van der Waals surface area contributed by atoms with E-state index in [9.17, 15) is 13.2 Å². The second kappa shape index (κ2) is 6.70. The van der Waals surface area contributed by atoms with E-state index < -0.39 is 9.84 Å². The van der Waals surface area contributed by atoms with Crippen LogP contribution in [0.15, 0.2) is 53.7 Å². The topological polar surface area (TPSA) is 76.1 Å². The summed E-state index contributed by atoms with van der Waals surface area (Å²) in [7, 11) is -3.34. The molecule has 0 fully saturated rings. The number of carbonyl (C=O) groups excluding carboxylic acids is 1. The summed E-state index contributed by atoms with van der Waals surface area (Å²) in [6.07, 6.45) is 3.12. The molecule has 0 saturated carbocycles. The molecule has 0 saturated heterocycles. The smallest absolute Gasteiger partial charge is 0.231 e. The van der Waals surface area contributed by atoms with Gasteiger partial charge in [0.1, 0.15) is 0 Å². The summed E-state index contributed by atoms with van der Waals surface area (Å²) in [5.41, 5.74) is 1.43. The van der Waals surface area contributed by atoms with Gasteiger partial charge in [0.05, 0.1) is 17.8 Å². The van der Waals surface area contributed by atoms with E-state index >= 15 is 0 Å². The molecule has 2 aromatic rings. The average Bonchev–Trinajstić information content (AvgIpc) is 2.48. The minimum atomic E-state index is -3.34. The highest BCUT2D eigenvalue weighted by atomic mass is 32.2. The zero-order valence-electron chi connectivity index (χ0n) is 12.5. The van der Waals surface area contributed by atoms with Crippen molar-refractivity contribution < 1.29 is 13.2 Å². The lowest BCUT2D eigenvalue weighted by Gasteiger charge is -2.15. The number of rotatable bonds is 5. The van der Waals surface area contributed by atoms with Gasteiger partial charge >= 0.3 is 0 Å². The van der Waals surface area contributed by atoms with Crippen molar-refractivity contribution in [2.45, 2.75) is 24.3 Å². The Hall–Kier alpha value is -2.21. The molecule has 5 nitrogen and oxygen atoms in total. The number of amides is 1. The quantitative estimate of drug-likeness (QED) is 0.919. The van der Waals surface area contributed by atoms with E-state index in [4.69, 9.17) is 0 Å². The minimum absolute atomic E-state index is 0.0133. The minimum Gasteiger partial charge on any atom is -0.324 e. The first kappa shape index (κ1) is 16.2. The average molecular weight is 318 g/mol. The molecule has 1 amide bonds. The number of sulfone groups is 1. The molecule has 2 rings (SSSR count). The van der Waals surface area contributed by atoms with Crippen molar-refractivity contribution in [3.05, 3.63) is 54.2 Å². The van der Waals surface area contributed by atoms with E-state index in [2.05, 4.69) is 10.3 Å². The standard InChI is InChI=1S/C16H18N2O3S/c1-3-14(12-7-5-4-6-8-12)16(19)18-13-9-10-15(17-11-13)22(2,20)21/h4-11,14H,3H2,1-2H3,(H,18,19)/t14-/m1/s1. The lowest BCUT2D eigenvalue weighted by Crippen LogP contribution is -2.20. The van der Waals surface area contributed by atoms with Crippen molar-refractivity contribution in [1.82, 2.24) is 4.98 Å². The van der Waals surface area contributed by atoms with E-state index in [1.807, 2.05) is 37.3 Å². The van der Waals surface area contributed by atoms with E-state index in [1.54, 1.807) is 6.07 Å². The van der Waals surface area contributed by atoms with E-state index in [0.717, 1.165) is 11.8 Å². The predicted octanol–water partition coefficient (Wildman–Crippen LogP) is 2.62. The lowest BCUT2D eigenvalue weighted by atomic mass is 9.95. The SMILES string of the molecule is CC[C@@H](C(=O)Nc1ccc(S(C)(=O)=O)nc1)c1ccccc1. The van der Waals surface area contributed by atoms with E-state index in [-0.39, 0.29) is 16.9 Å². The van der Waals surface area contributed by atoms with Gasteiger partial charge in [0.25, 0.3) is 0 Å². The van der Waals surface area contributed by atoms with Gasteiger partial charge in [-0.15, -0.1) is 0 Å². The summed E-state index contributed by atoms with van der Waals surface area (Å²) in [5.74, 6) is -0.390. The summed E-state index contributed by atoms with van der Waals surface area (Å²) in [5, 5.41) is 2.76. The summed E-state index contributed by atoms with van der Waals surface area (Å²) >= 11 is 0. The van der Waals surface area contributed by atoms with Gasteiger partial charge < -0.3 is 5.32 Å². The number of nitrogens with one attached hydrogen (secondary N) is 1. The number of benzene rings is 1. The Balaban J connectivity index is 2.14. The summed E-state index contributed by atoms with van der Waals surface area (Å²) in [6, 6.07) is 12.5. The molecule has 116 valence electrons. The number of hydrogen-bond acceptors (Lipinski definition) is 4. The first-order chi connectivity index (χ1) is 10.4. The van der Waals surface area contributed by atoms with Gasteiger partial charge in [-0.2, -0.15) is 0 Å². The maximum atomic E-state index is 12.4. The van der Waals surface area contributed by atoms with Crippen molar-refractivity contribution in [3.63, 3.8) is 0 Å². The summed E-state index contributed by atoms with van der Waals surface area (Å²) < 4.78 is 22.7. The van der Waals surface area contributed by atoms with Crippen LogP contribution in [0.3, 0.4) is 0 Å². The molecule has 1 aromatic heterocycles. The molecule has 1 aromatic carbocycles. The van der Waals surface area contributed by atoms with Gasteiger partial charge in [-0.3, -0.25) is 4.79 Å². The third-order valence-electron chi connectivity index (χ3n) is 3.31. The van der Waals surface area contributed by atoms with Crippen LogP contribution in [-0.4, -0.2) is 25.6 Å². The molecule has 0 aliphatic carbocycles. The molecule has 1 atom stereocenters. The second-order valence-corrected chi connectivity index (χ2v) is 6.98. The van der Waals surface area contributed by atoms with Gasteiger partial charge in [0.2, 0.25) is 5.91 Å². The van der Waals surface area contributed by atoms with Crippen LogP contribution in [0.5, 0.6) is 0 Å². The van der Waals surface area contributed by atoms with Gasteiger partial charge in [-0.05, 0) is 24.1 Å². The predicted molar refractivity (Wildman–Crippen MR) is 85.5 cm³/mol. The van der Waals surface area contributed by atoms with E-state index in [0.29, 0.717) is 12.1 Å². The highest BCUT2D eigenvalue weighted by Gasteiger charge is 2.18. The zero-order valence-corrected chi connectivity index (χ0v) is 13.3. The van der Waals surface area contributed by atoms with Crippen LogP contribution >= 0.6 is 0 Å². The summed E-state index contributed by atoms with van der Waals surface area (Å²) in [6.45, 7) is 1.95. The molecule has 22 heavy (non-hydrogen) atoms. The van der Waals surface area contributed by atoms with Crippen molar-refractivity contribution in [3.8, 4) is 0 Å². The van der Waals surface area contributed by atoms with Crippen LogP contribution in [0.4, 0.5) is 5.69 Å². The maximum absolute atomic E-state index is 12.4. The van der Waals surface area contributed by atoms with Gasteiger partial charge in [-0.25, -0.2) is 13.4 Å². The fourth-order valence-corrected chi connectivity index (χ4v) is 2.72.